The number of amides is 1. The molecule has 3 aromatic rings. The number of hydrogen-bond acceptors (Lipinski definition) is 5. The number of benzene rings is 1. The number of piperidine rings is 1. The summed E-state index contributed by atoms with van der Waals surface area (Å²) in [7, 11) is 5.50. The Morgan fingerprint density at radius 2 is 1.97 bits per heavy atom. The molecule has 0 unspecified atom stereocenters. The number of carbonyl (C=O) groups is 1. The number of nitrogens with zero attached hydrogens (tertiary/aromatic N) is 5. The average Bonchev–Trinajstić information content (AvgIpc) is 3.38. The summed E-state index contributed by atoms with van der Waals surface area (Å²) in [6, 6.07) is 9.81. The van der Waals surface area contributed by atoms with Crippen molar-refractivity contribution in [2.24, 2.45) is 20.0 Å². The third-order valence-electron chi connectivity index (χ3n) is 6.28. The summed E-state index contributed by atoms with van der Waals surface area (Å²) < 4.78 is 9.06. The number of methoxy groups -OCH3 is 1. The van der Waals surface area contributed by atoms with Crippen LogP contribution in [-0.2, 0) is 33.6 Å². The number of nitrogens with one attached hydrogen (secondary N) is 1. The van der Waals surface area contributed by atoms with Gasteiger partial charge in [-0.2, -0.15) is 10.2 Å². The first kappa shape index (κ1) is 22.1. The first-order valence-electron chi connectivity index (χ1n) is 11.2. The molecule has 0 radical (unpaired) electrons. The lowest BCUT2D eigenvalue weighted by Crippen LogP contribution is -2.34. The molecular formula is C24H32N6O2. The zero-order valence-corrected chi connectivity index (χ0v) is 19.1. The van der Waals surface area contributed by atoms with Gasteiger partial charge in [-0.05, 0) is 50.4 Å². The molecule has 8 heteroatoms. The largest absolute Gasteiger partial charge is 0.496 e. The van der Waals surface area contributed by atoms with E-state index in [9.17, 15) is 4.79 Å². The standard InChI is InChI=1S/C24H32N6O2/c1-28-17-21(24(31)25-15-19-6-4-5-7-23(19)32-3)22(27-28)14-18-9-12-30(13-10-18)16-20-8-11-26-29(20)2/h4-8,11,17-18H,9-10,12-16H2,1-3H3,(H,25,31). The van der Waals surface area contributed by atoms with Gasteiger partial charge in [-0.1, -0.05) is 18.2 Å². The van der Waals surface area contributed by atoms with E-state index >= 15 is 0 Å². The van der Waals surface area contributed by atoms with E-state index in [1.165, 1.54) is 5.69 Å². The molecule has 0 bridgehead atoms. The molecule has 0 aliphatic carbocycles. The van der Waals surface area contributed by atoms with Crippen molar-refractivity contribution >= 4 is 5.91 Å². The summed E-state index contributed by atoms with van der Waals surface area (Å²) in [6.07, 6.45) is 6.72. The van der Waals surface area contributed by atoms with Gasteiger partial charge in [0.05, 0.1) is 24.1 Å². The predicted molar refractivity (Wildman–Crippen MR) is 122 cm³/mol. The highest BCUT2D eigenvalue weighted by Gasteiger charge is 2.24. The van der Waals surface area contributed by atoms with Crippen LogP contribution in [0.25, 0.3) is 0 Å². The minimum atomic E-state index is -0.0901. The van der Waals surface area contributed by atoms with Gasteiger partial charge in [0.25, 0.3) is 5.91 Å². The number of aromatic nitrogens is 4. The normalized spacial score (nSPS) is 15.1. The van der Waals surface area contributed by atoms with Crippen LogP contribution >= 0.6 is 0 Å². The first-order chi connectivity index (χ1) is 15.5. The quantitative estimate of drug-likeness (QED) is 0.587. The summed E-state index contributed by atoms with van der Waals surface area (Å²) in [4.78, 5) is 15.4. The Hall–Kier alpha value is -3.13. The molecule has 0 spiro atoms. The molecule has 32 heavy (non-hydrogen) atoms. The molecule has 1 aliphatic rings. The van der Waals surface area contributed by atoms with Gasteiger partial charge in [0.1, 0.15) is 5.75 Å². The van der Waals surface area contributed by atoms with E-state index in [2.05, 4.69) is 26.5 Å². The number of aryl methyl sites for hydroxylation is 2. The maximum Gasteiger partial charge on any atom is 0.255 e. The van der Waals surface area contributed by atoms with Gasteiger partial charge in [-0.3, -0.25) is 19.1 Å². The summed E-state index contributed by atoms with van der Waals surface area (Å²) in [5.74, 6) is 1.22. The number of hydrogen-bond donors (Lipinski definition) is 1. The smallest absolute Gasteiger partial charge is 0.255 e. The second kappa shape index (κ2) is 9.99. The molecule has 1 aliphatic heterocycles. The van der Waals surface area contributed by atoms with Crippen molar-refractivity contribution in [3.05, 3.63) is 65.2 Å². The van der Waals surface area contributed by atoms with Crippen molar-refractivity contribution in [2.45, 2.75) is 32.4 Å². The van der Waals surface area contributed by atoms with Gasteiger partial charge in [0.15, 0.2) is 0 Å². The van der Waals surface area contributed by atoms with Crippen molar-refractivity contribution in [1.82, 2.24) is 29.8 Å². The molecule has 3 heterocycles. The number of likely N-dealkylation sites (tertiary alicyclic amines) is 1. The average molecular weight is 437 g/mol. The highest BCUT2D eigenvalue weighted by molar-refractivity contribution is 5.95. The molecule has 0 saturated carbocycles. The van der Waals surface area contributed by atoms with Crippen molar-refractivity contribution in [3.63, 3.8) is 0 Å². The van der Waals surface area contributed by atoms with Crippen LogP contribution in [0.2, 0.25) is 0 Å². The fourth-order valence-corrected chi connectivity index (χ4v) is 4.40. The summed E-state index contributed by atoms with van der Waals surface area (Å²) in [6.45, 7) is 3.46. The van der Waals surface area contributed by atoms with Gasteiger partial charge >= 0.3 is 0 Å². The van der Waals surface area contributed by atoms with Crippen LogP contribution in [-0.4, -0.2) is 50.6 Å². The van der Waals surface area contributed by atoms with E-state index < -0.39 is 0 Å². The SMILES string of the molecule is COc1ccccc1CNC(=O)c1cn(C)nc1CC1CCN(Cc2ccnn2C)CC1. The van der Waals surface area contributed by atoms with E-state index in [0.717, 1.165) is 55.9 Å². The second-order valence-corrected chi connectivity index (χ2v) is 8.53. The van der Waals surface area contributed by atoms with E-state index in [4.69, 9.17) is 4.74 Å². The van der Waals surface area contributed by atoms with Crippen molar-refractivity contribution < 1.29 is 9.53 Å². The highest BCUT2D eigenvalue weighted by Crippen LogP contribution is 2.24. The lowest BCUT2D eigenvalue weighted by Gasteiger charge is -2.31. The van der Waals surface area contributed by atoms with Crippen LogP contribution in [0.5, 0.6) is 5.75 Å². The van der Waals surface area contributed by atoms with Crippen molar-refractivity contribution in [3.8, 4) is 5.75 Å². The van der Waals surface area contributed by atoms with Gasteiger partial charge in [-0.25, -0.2) is 0 Å². The van der Waals surface area contributed by atoms with E-state index in [1.54, 1.807) is 11.8 Å². The molecule has 0 atom stereocenters. The molecule has 1 aromatic carbocycles. The van der Waals surface area contributed by atoms with Crippen LogP contribution in [0.15, 0.2) is 42.7 Å². The Morgan fingerprint density at radius 1 is 1.19 bits per heavy atom. The molecule has 1 N–H and O–H groups in total. The highest BCUT2D eigenvalue weighted by atomic mass is 16.5. The zero-order valence-electron chi connectivity index (χ0n) is 19.1. The molecule has 4 rings (SSSR count). The summed E-state index contributed by atoms with van der Waals surface area (Å²) in [5.41, 5.74) is 3.74. The summed E-state index contributed by atoms with van der Waals surface area (Å²) >= 11 is 0. The van der Waals surface area contributed by atoms with Gasteiger partial charge in [0.2, 0.25) is 0 Å². The zero-order chi connectivity index (χ0) is 22.5. The molecule has 2 aromatic heterocycles. The summed E-state index contributed by atoms with van der Waals surface area (Å²) in [5, 5.41) is 11.9. The van der Waals surface area contributed by atoms with E-state index in [0.29, 0.717) is 18.0 Å². The number of ether oxygens (including phenoxy) is 1. The van der Waals surface area contributed by atoms with Gasteiger partial charge < -0.3 is 10.1 Å². The Kier molecular flexibility index (Phi) is 6.90. The molecular weight excluding hydrogens is 404 g/mol. The lowest BCUT2D eigenvalue weighted by atomic mass is 9.91. The third-order valence-corrected chi connectivity index (χ3v) is 6.28. The fraction of sp³-hybridized carbons (Fsp3) is 0.458. The monoisotopic (exact) mass is 436 g/mol. The number of para-hydroxylation sites is 1. The Balaban J connectivity index is 1.33. The van der Waals surface area contributed by atoms with Crippen molar-refractivity contribution in [2.75, 3.05) is 20.2 Å². The molecule has 170 valence electrons. The number of rotatable bonds is 8. The van der Waals surface area contributed by atoms with Crippen LogP contribution in [0, 0.1) is 5.92 Å². The lowest BCUT2D eigenvalue weighted by molar-refractivity contribution is 0.0949. The predicted octanol–water partition coefficient (Wildman–Crippen LogP) is 2.55. The molecule has 1 amide bonds. The molecule has 1 saturated heterocycles. The molecule has 1 fully saturated rings. The number of carbonyl (C=O) groups excluding carboxylic acids is 1. The van der Waals surface area contributed by atoms with E-state index in [1.807, 2.05) is 55.4 Å². The van der Waals surface area contributed by atoms with Gasteiger partial charge in [-0.15, -0.1) is 0 Å². The van der Waals surface area contributed by atoms with E-state index in [-0.39, 0.29) is 5.91 Å². The molecule has 8 nitrogen and oxygen atoms in total. The minimum Gasteiger partial charge on any atom is -0.496 e. The second-order valence-electron chi connectivity index (χ2n) is 8.53. The van der Waals surface area contributed by atoms with Crippen LogP contribution < -0.4 is 10.1 Å². The van der Waals surface area contributed by atoms with Crippen LogP contribution in [0.3, 0.4) is 0 Å². The van der Waals surface area contributed by atoms with Crippen LogP contribution in [0.1, 0.15) is 40.2 Å². The maximum atomic E-state index is 12.9. The Morgan fingerprint density at radius 3 is 2.69 bits per heavy atom. The Bertz CT molecular complexity index is 1050. The first-order valence-corrected chi connectivity index (χ1v) is 11.2. The fourth-order valence-electron chi connectivity index (χ4n) is 4.40. The third kappa shape index (κ3) is 5.19. The van der Waals surface area contributed by atoms with Gasteiger partial charge in [0, 0.05) is 45.1 Å². The topological polar surface area (TPSA) is 77.2 Å². The van der Waals surface area contributed by atoms with Crippen molar-refractivity contribution in [1.29, 1.82) is 0 Å². The minimum absolute atomic E-state index is 0.0901. The van der Waals surface area contributed by atoms with Crippen LogP contribution in [0.4, 0.5) is 0 Å². The maximum absolute atomic E-state index is 12.9. The Labute approximate surface area is 189 Å².